The molecule has 1 unspecified atom stereocenters. The van der Waals surface area contributed by atoms with Crippen molar-refractivity contribution < 1.29 is 27.5 Å². The van der Waals surface area contributed by atoms with Gasteiger partial charge in [0, 0.05) is 29.9 Å². The Hall–Kier alpha value is -2.42. The van der Waals surface area contributed by atoms with E-state index < -0.39 is 12.2 Å². The van der Waals surface area contributed by atoms with E-state index in [1.165, 1.54) is 12.1 Å². The van der Waals surface area contributed by atoms with Gasteiger partial charge < -0.3 is 18.8 Å². The maximum atomic E-state index is 12.6. The summed E-state index contributed by atoms with van der Waals surface area (Å²) in [6.07, 6.45) is 0.864. The number of aryl methyl sites for hydroxylation is 2. The topological polar surface area (TPSA) is 69.0 Å². The van der Waals surface area contributed by atoms with Crippen LogP contribution in [-0.2, 0) is 11.2 Å². The van der Waals surface area contributed by atoms with Crippen LogP contribution in [0.2, 0.25) is 0 Å². The summed E-state index contributed by atoms with van der Waals surface area (Å²) >= 11 is 3.30. The fraction of sp³-hybridized carbons (Fsp3) is 0.400. The van der Waals surface area contributed by atoms with Crippen molar-refractivity contribution in [1.82, 2.24) is 4.90 Å². The van der Waals surface area contributed by atoms with Gasteiger partial charge in [0.2, 0.25) is 5.91 Å². The molecule has 0 radical (unpaired) electrons. The summed E-state index contributed by atoms with van der Waals surface area (Å²) in [7, 11) is 0. The summed E-state index contributed by atoms with van der Waals surface area (Å²) in [5.74, 6) is 0.843. The van der Waals surface area contributed by atoms with Crippen molar-refractivity contribution >= 4 is 21.8 Å². The van der Waals surface area contributed by atoms with E-state index >= 15 is 0 Å². The Balaban J connectivity index is 1.56. The van der Waals surface area contributed by atoms with Gasteiger partial charge >= 0.3 is 12.2 Å². The van der Waals surface area contributed by atoms with Gasteiger partial charge in [0.1, 0.15) is 23.4 Å². The van der Waals surface area contributed by atoms with Crippen LogP contribution in [-0.4, -0.2) is 36.6 Å². The molecule has 0 saturated carbocycles. The third-order valence-corrected chi connectivity index (χ3v) is 5.01. The number of hydrogen-bond donors (Lipinski definition) is 0. The van der Waals surface area contributed by atoms with Crippen LogP contribution in [0, 0.1) is 6.92 Å². The second-order valence-electron chi connectivity index (χ2n) is 6.72. The molecule has 0 N–H and O–H groups in total. The van der Waals surface area contributed by atoms with Crippen LogP contribution in [0.5, 0.6) is 11.5 Å². The molecule has 29 heavy (non-hydrogen) atoms. The molecule has 2 aromatic rings. The minimum absolute atomic E-state index is 0.0666. The van der Waals surface area contributed by atoms with E-state index in [0.717, 1.165) is 4.47 Å². The number of halogens is 3. The van der Waals surface area contributed by atoms with E-state index in [4.69, 9.17) is 9.15 Å². The first-order valence-corrected chi connectivity index (χ1v) is 9.89. The van der Waals surface area contributed by atoms with Crippen molar-refractivity contribution in [3.8, 4) is 11.5 Å². The fourth-order valence-electron chi connectivity index (χ4n) is 3.24. The highest BCUT2D eigenvalue weighted by molar-refractivity contribution is 9.10. The van der Waals surface area contributed by atoms with Crippen molar-refractivity contribution in [3.63, 3.8) is 0 Å². The van der Waals surface area contributed by atoms with Crippen LogP contribution in [0.3, 0.4) is 0 Å². The van der Waals surface area contributed by atoms with E-state index in [-0.39, 0.29) is 30.6 Å². The lowest BCUT2D eigenvalue weighted by molar-refractivity contribution is -0.130. The molecule has 156 valence electrons. The molecule has 1 aliphatic heterocycles. The van der Waals surface area contributed by atoms with E-state index in [9.17, 15) is 18.4 Å². The Kier molecular flexibility index (Phi) is 6.89. The first-order chi connectivity index (χ1) is 13.8. The predicted octanol–water partition coefficient (Wildman–Crippen LogP) is 3.92. The minimum atomic E-state index is -2.92. The third kappa shape index (κ3) is 6.03. The zero-order valence-corrected chi connectivity index (χ0v) is 17.3. The van der Waals surface area contributed by atoms with Crippen molar-refractivity contribution in [2.45, 2.75) is 38.9 Å². The Morgan fingerprint density at radius 2 is 2.14 bits per heavy atom. The lowest BCUT2D eigenvalue weighted by Gasteiger charge is -2.18. The molecule has 1 saturated heterocycles. The van der Waals surface area contributed by atoms with Crippen molar-refractivity contribution in [3.05, 3.63) is 56.5 Å². The molecule has 0 bridgehead atoms. The first-order valence-electron chi connectivity index (χ1n) is 9.09. The number of carbonyl (C=O) groups excluding carboxylic acids is 1. The van der Waals surface area contributed by atoms with Gasteiger partial charge in [-0.1, -0.05) is 15.9 Å². The summed E-state index contributed by atoms with van der Waals surface area (Å²) in [6, 6.07) is 7.63. The molecule has 9 heteroatoms. The van der Waals surface area contributed by atoms with Gasteiger partial charge in [0.15, 0.2) is 0 Å². The minimum Gasteiger partial charge on any atom is -0.488 e. The van der Waals surface area contributed by atoms with Crippen LogP contribution in [0.1, 0.15) is 24.2 Å². The van der Waals surface area contributed by atoms with Crippen molar-refractivity contribution in [2.75, 3.05) is 13.1 Å². The number of ether oxygens (including phenoxy) is 2. The first kappa shape index (κ1) is 21.3. The van der Waals surface area contributed by atoms with Gasteiger partial charge in [-0.3, -0.25) is 4.79 Å². The maximum absolute atomic E-state index is 12.6. The Morgan fingerprint density at radius 3 is 2.86 bits per heavy atom. The Morgan fingerprint density at radius 1 is 1.34 bits per heavy atom. The third-order valence-electron chi connectivity index (χ3n) is 4.51. The largest absolute Gasteiger partial charge is 0.488 e. The number of nitrogens with zero attached hydrogens (tertiary/aromatic N) is 1. The molecule has 1 aliphatic rings. The zero-order chi connectivity index (χ0) is 21.0. The summed E-state index contributed by atoms with van der Waals surface area (Å²) < 4.78 is 41.1. The number of alkyl halides is 2. The molecule has 2 heterocycles. The van der Waals surface area contributed by atoms with Crippen molar-refractivity contribution in [1.29, 1.82) is 0 Å². The highest BCUT2D eigenvalue weighted by atomic mass is 79.9. The molecule has 1 aromatic heterocycles. The SMILES string of the molecule is Cc1cc(OC2CCN(C(=O)CCc3cc(Br)ccc3OC(F)F)C2)cc(=O)o1. The number of hydrogen-bond acceptors (Lipinski definition) is 5. The molecule has 1 aromatic carbocycles. The summed E-state index contributed by atoms with van der Waals surface area (Å²) in [6.45, 7) is -0.335. The van der Waals surface area contributed by atoms with E-state index in [1.54, 1.807) is 30.0 Å². The van der Waals surface area contributed by atoms with Gasteiger partial charge in [-0.05, 0) is 37.1 Å². The van der Waals surface area contributed by atoms with E-state index in [2.05, 4.69) is 20.7 Å². The van der Waals surface area contributed by atoms with Crippen LogP contribution >= 0.6 is 15.9 Å². The Bertz CT molecular complexity index is 933. The van der Waals surface area contributed by atoms with Crippen LogP contribution in [0.15, 0.2) is 44.0 Å². The quantitative estimate of drug-likeness (QED) is 0.611. The monoisotopic (exact) mass is 471 g/mol. The van der Waals surface area contributed by atoms with Gasteiger partial charge in [0.25, 0.3) is 0 Å². The van der Waals surface area contributed by atoms with Crippen LogP contribution in [0.25, 0.3) is 0 Å². The van der Waals surface area contributed by atoms with Crippen molar-refractivity contribution in [2.24, 2.45) is 0 Å². The molecule has 3 rings (SSSR count). The fourth-order valence-corrected chi connectivity index (χ4v) is 3.65. The molecular weight excluding hydrogens is 452 g/mol. The highest BCUT2D eigenvalue weighted by Crippen LogP contribution is 2.27. The van der Waals surface area contributed by atoms with Gasteiger partial charge in [-0.2, -0.15) is 8.78 Å². The zero-order valence-electron chi connectivity index (χ0n) is 15.7. The number of likely N-dealkylation sites (tertiary alicyclic amines) is 1. The van der Waals surface area contributed by atoms with Gasteiger partial charge in [-0.15, -0.1) is 0 Å². The van der Waals surface area contributed by atoms with Crippen LogP contribution < -0.4 is 15.1 Å². The normalized spacial score (nSPS) is 16.3. The summed E-state index contributed by atoms with van der Waals surface area (Å²) in [5.41, 5.74) is 0.0493. The standard InChI is InChI=1S/C20H20BrF2NO5/c1-12-8-16(10-19(26)27-12)28-15-6-7-24(11-15)18(25)5-2-13-9-14(21)3-4-17(13)29-20(22)23/h3-4,8-10,15,20H,2,5-7,11H2,1H3. The van der Waals surface area contributed by atoms with E-state index in [1.807, 2.05) is 0 Å². The number of benzene rings is 1. The predicted molar refractivity (Wildman–Crippen MR) is 104 cm³/mol. The number of carbonyl (C=O) groups is 1. The van der Waals surface area contributed by atoms with Gasteiger partial charge in [0.05, 0.1) is 12.6 Å². The number of amides is 1. The summed E-state index contributed by atoms with van der Waals surface area (Å²) in [4.78, 5) is 25.6. The lowest BCUT2D eigenvalue weighted by atomic mass is 10.1. The van der Waals surface area contributed by atoms with E-state index in [0.29, 0.717) is 36.6 Å². The summed E-state index contributed by atoms with van der Waals surface area (Å²) in [5, 5.41) is 0. The molecule has 0 spiro atoms. The Labute approximate surface area is 174 Å². The second kappa shape index (κ2) is 9.39. The highest BCUT2D eigenvalue weighted by Gasteiger charge is 2.27. The van der Waals surface area contributed by atoms with Gasteiger partial charge in [-0.25, -0.2) is 4.79 Å². The lowest BCUT2D eigenvalue weighted by Crippen LogP contribution is -2.31. The second-order valence-corrected chi connectivity index (χ2v) is 7.64. The molecule has 1 amide bonds. The average Bonchev–Trinajstić information content (AvgIpc) is 3.09. The van der Waals surface area contributed by atoms with Crippen LogP contribution in [0.4, 0.5) is 8.78 Å². The average molecular weight is 472 g/mol. The molecular formula is C20H20BrF2NO5. The molecule has 1 atom stereocenters. The number of rotatable bonds is 7. The molecule has 1 fully saturated rings. The molecule has 0 aliphatic carbocycles. The molecule has 6 nitrogen and oxygen atoms in total. The smallest absolute Gasteiger partial charge is 0.387 e. The maximum Gasteiger partial charge on any atom is 0.387 e.